The topological polar surface area (TPSA) is 41.6 Å². The molecule has 1 aromatic carbocycles. The molecule has 2 rings (SSSR count). The Morgan fingerprint density at radius 1 is 1.33 bits per heavy atom. The Balaban J connectivity index is 2.51. The predicted molar refractivity (Wildman–Crippen MR) is 77.6 cm³/mol. The summed E-state index contributed by atoms with van der Waals surface area (Å²) in [6, 6.07) is 1.93. The molecule has 0 saturated heterocycles. The maximum Gasteiger partial charge on any atom is 0.415 e. The second kappa shape index (κ2) is 4.86. The van der Waals surface area contributed by atoms with Crippen molar-refractivity contribution in [3.63, 3.8) is 0 Å². The highest BCUT2D eigenvalue weighted by Crippen LogP contribution is 2.39. The van der Waals surface area contributed by atoms with Gasteiger partial charge >= 0.3 is 6.09 Å². The van der Waals surface area contributed by atoms with Crippen LogP contribution in [0, 0.1) is 11.6 Å². The lowest BCUT2D eigenvalue weighted by Gasteiger charge is -2.43. The van der Waals surface area contributed by atoms with E-state index in [4.69, 9.17) is 4.74 Å². The average molecular weight is 298 g/mol. The predicted octanol–water partition coefficient (Wildman–Crippen LogP) is 3.91. The van der Waals surface area contributed by atoms with Gasteiger partial charge in [0.05, 0.1) is 11.2 Å². The summed E-state index contributed by atoms with van der Waals surface area (Å²) in [5.41, 5.74) is -1.14. The van der Waals surface area contributed by atoms with Gasteiger partial charge in [0.25, 0.3) is 0 Å². The molecule has 4 nitrogen and oxygen atoms in total. The molecule has 0 spiro atoms. The molecular formula is C15H20F2N2O2. The SMILES string of the molecule is CC(C)(C)OC(=O)N1c2c(F)cc(F)cc2NCC1(C)C. The van der Waals surface area contributed by atoms with Gasteiger partial charge < -0.3 is 10.1 Å². The molecule has 0 radical (unpaired) electrons. The van der Waals surface area contributed by atoms with E-state index in [1.165, 1.54) is 11.0 Å². The van der Waals surface area contributed by atoms with Gasteiger partial charge in [-0.3, -0.25) is 4.90 Å². The first-order valence-electron chi connectivity index (χ1n) is 6.77. The molecule has 116 valence electrons. The van der Waals surface area contributed by atoms with Gasteiger partial charge in [0.1, 0.15) is 17.1 Å². The van der Waals surface area contributed by atoms with Crippen LogP contribution in [0.15, 0.2) is 12.1 Å². The Morgan fingerprint density at radius 3 is 2.52 bits per heavy atom. The molecule has 1 aliphatic heterocycles. The van der Waals surface area contributed by atoms with Crippen molar-refractivity contribution >= 4 is 17.5 Å². The number of nitrogens with zero attached hydrogens (tertiary/aromatic N) is 1. The molecule has 0 aromatic heterocycles. The molecule has 0 bridgehead atoms. The second-order valence-corrected chi connectivity index (χ2v) is 6.77. The molecule has 1 heterocycles. The van der Waals surface area contributed by atoms with Crippen LogP contribution in [-0.2, 0) is 4.74 Å². The molecule has 1 amide bonds. The molecule has 0 saturated carbocycles. The zero-order chi connectivity index (χ0) is 16.0. The van der Waals surface area contributed by atoms with Gasteiger partial charge in [0, 0.05) is 12.6 Å². The molecule has 21 heavy (non-hydrogen) atoms. The number of rotatable bonds is 0. The zero-order valence-corrected chi connectivity index (χ0v) is 12.9. The molecule has 0 aliphatic carbocycles. The van der Waals surface area contributed by atoms with Gasteiger partial charge in [-0.05, 0) is 40.7 Å². The van der Waals surface area contributed by atoms with Crippen molar-refractivity contribution < 1.29 is 18.3 Å². The minimum atomic E-state index is -0.795. The summed E-state index contributed by atoms with van der Waals surface area (Å²) >= 11 is 0. The first-order valence-corrected chi connectivity index (χ1v) is 6.77. The van der Waals surface area contributed by atoms with E-state index in [0.29, 0.717) is 6.54 Å². The van der Waals surface area contributed by atoms with E-state index < -0.39 is 28.9 Å². The van der Waals surface area contributed by atoms with Gasteiger partial charge in [0.2, 0.25) is 0 Å². The molecule has 0 atom stereocenters. The standard InChI is InChI=1S/C15H20F2N2O2/c1-14(2,3)21-13(20)19-12-10(17)6-9(16)7-11(12)18-8-15(19,4)5/h6-7,18H,8H2,1-5H3. The molecule has 1 aromatic rings. The number of hydrogen-bond donors (Lipinski definition) is 1. The lowest BCUT2D eigenvalue weighted by molar-refractivity contribution is 0.0545. The third kappa shape index (κ3) is 3.09. The van der Waals surface area contributed by atoms with Crippen LogP contribution in [-0.4, -0.2) is 23.8 Å². The van der Waals surface area contributed by atoms with Crippen LogP contribution in [0.4, 0.5) is 25.0 Å². The minimum Gasteiger partial charge on any atom is -0.443 e. The van der Waals surface area contributed by atoms with Crippen LogP contribution < -0.4 is 10.2 Å². The van der Waals surface area contributed by atoms with E-state index in [2.05, 4.69) is 5.32 Å². The van der Waals surface area contributed by atoms with Crippen LogP contribution in [0.1, 0.15) is 34.6 Å². The van der Waals surface area contributed by atoms with Crippen molar-refractivity contribution in [2.45, 2.75) is 45.8 Å². The normalized spacial score (nSPS) is 17.0. The van der Waals surface area contributed by atoms with Crippen LogP contribution in [0.2, 0.25) is 0 Å². The first-order chi connectivity index (χ1) is 9.51. The number of benzene rings is 1. The Bertz CT molecular complexity index is 580. The monoisotopic (exact) mass is 298 g/mol. The smallest absolute Gasteiger partial charge is 0.415 e. The van der Waals surface area contributed by atoms with Gasteiger partial charge in [-0.15, -0.1) is 0 Å². The summed E-state index contributed by atoms with van der Waals surface area (Å²) in [4.78, 5) is 13.7. The number of hydrogen-bond acceptors (Lipinski definition) is 3. The Labute approximate surface area is 123 Å². The summed E-state index contributed by atoms with van der Waals surface area (Å²) in [6.07, 6.45) is -0.652. The van der Waals surface area contributed by atoms with Gasteiger partial charge in [-0.1, -0.05) is 0 Å². The molecule has 0 unspecified atom stereocenters. The van der Waals surface area contributed by atoms with Crippen LogP contribution in [0.25, 0.3) is 0 Å². The second-order valence-electron chi connectivity index (χ2n) is 6.77. The Kier molecular flexibility index (Phi) is 3.59. The molecule has 6 heteroatoms. The highest BCUT2D eigenvalue weighted by atomic mass is 19.1. The van der Waals surface area contributed by atoms with E-state index in [1.807, 2.05) is 0 Å². The van der Waals surface area contributed by atoms with E-state index in [0.717, 1.165) is 6.07 Å². The summed E-state index contributed by atoms with van der Waals surface area (Å²) in [5.74, 6) is -1.49. The summed E-state index contributed by atoms with van der Waals surface area (Å²) in [6.45, 7) is 9.15. The van der Waals surface area contributed by atoms with Gasteiger partial charge in [0.15, 0.2) is 5.82 Å². The largest absolute Gasteiger partial charge is 0.443 e. The Morgan fingerprint density at radius 2 is 1.95 bits per heavy atom. The lowest BCUT2D eigenvalue weighted by atomic mass is 9.98. The maximum atomic E-state index is 14.2. The summed E-state index contributed by atoms with van der Waals surface area (Å²) < 4.78 is 32.9. The number of anilines is 2. The van der Waals surface area contributed by atoms with Crippen molar-refractivity contribution in [1.82, 2.24) is 0 Å². The Hall–Kier alpha value is -1.85. The maximum absolute atomic E-state index is 14.2. The van der Waals surface area contributed by atoms with E-state index in [9.17, 15) is 13.6 Å². The number of nitrogens with one attached hydrogen (secondary N) is 1. The van der Waals surface area contributed by atoms with E-state index in [-0.39, 0.29) is 11.4 Å². The number of amides is 1. The highest BCUT2D eigenvalue weighted by molar-refractivity contribution is 5.95. The number of ether oxygens (including phenoxy) is 1. The van der Waals surface area contributed by atoms with Gasteiger partial charge in [-0.25, -0.2) is 13.6 Å². The van der Waals surface area contributed by atoms with Crippen molar-refractivity contribution in [2.24, 2.45) is 0 Å². The van der Waals surface area contributed by atoms with Crippen LogP contribution >= 0.6 is 0 Å². The average Bonchev–Trinajstić information content (AvgIpc) is 2.26. The number of halogens is 2. The fourth-order valence-electron chi connectivity index (χ4n) is 2.27. The van der Waals surface area contributed by atoms with E-state index in [1.54, 1.807) is 34.6 Å². The first kappa shape index (κ1) is 15.5. The molecule has 1 N–H and O–H groups in total. The fraction of sp³-hybridized carbons (Fsp3) is 0.533. The van der Waals surface area contributed by atoms with Crippen LogP contribution in [0.5, 0.6) is 0 Å². The quantitative estimate of drug-likeness (QED) is 0.789. The number of carbonyl (C=O) groups is 1. The fourth-order valence-corrected chi connectivity index (χ4v) is 2.27. The van der Waals surface area contributed by atoms with Crippen molar-refractivity contribution in [1.29, 1.82) is 0 Å². The third-order valence-electron chi connectivity index (χ3n) is 3.14. The van der Waals surface area contributed by atoms with E-state index >= 15 is 0 Å². The van der Waals surface area contributed by atoms with Crippen molar-refractivity contribution in [3.05, 3.63) is 23.8 Å². The summed E-state index contributed by atoms with van der Waals surface area (Å²) in [5, 5.41) is 2.95. The molecule has 0 fully saturated rings. The number of fused-ring (bicyclic) bond motifs is 1. The summed E-state index contributed by atoms with van der Waals surface area (Å²) in [7, 11) is 0. The molecular weight excluding hydrogens is 278 g/mol. The van der Waals surface area contributed by atoms with Crippen molar-refractivity contribution in [3.8, 4) is 0 Å². The minimum absolute atomic E-state index is 0.0156. The van der Waals surface area contributed by atoms with Crippen molar-refractivity contribution in [2.75, 3.05) is 16.8 Å². The van der Waals surface area contributed by atoms with Crippen LogP contribution in [0.3, 0.4) is 0 Å². The zero-order valence-electron chi connectivity index (χ0n) is 12.9. The molecule has 1 aliphatic rings. The highest BCUT2D eigenvalue weighted by Gasteiger charge is 2.41. The lowest BCUT2D eigenvalue weighted by Crippen LogP contribution is -2.56. The number of carbonyl (C=O) groups excluding carboxylic acids is 1. The van der Waals surface area contributed by atoms with Gasteiger partial charge in [-0.2, -0.15) is 0 Å². The third-order valence-corrected chi connectivity index (χ3v) is 3.14.